The molecule has 3 N–H and O–H groups in total. The first-order valence-electron chi connectivity index (χ1n) is 10.8. The van der Waals surface area contributed by atoms with Crippen molar-refractivity contribution in [2.45, 2.75) is 19.3 Å². The van der Waals surface area contributed by atoms with Gasteiger partial charge in [-0.3, -0.25) is 4.79 Å². The van der Waals surface area contributed by atoms with Crippen molar-refractivity contribution in [1.29, 1.82) is 0 Å². The Morgan fingerprint density at radius 3 is 2.27 bits per heavy atom. The van der Waals surface area contributed by atoms with Gasteiger partial charge in [-0.05, 0) is 67.8 Å². The molecule has 170 valence electrons. The summed E-state index contributed by atoms with van der Waals surface area (Å²) in [5, 5.41) is 9.50. The van der Waals surface area contributed by atoms with Gasteiger partial charge in [0.05, 0.1) is 22.0 Å². The zero-order chi connectivity index (χ0) is 23.2. The number of carbonyl (C=O) groups is 2. The number of carbonyl (C=O) groups excluding carboxylic acids is 2. The topological polar surface area (TPSA) is 73.5 Å². The van der Waals surface area contributed by atoms with Gasteiger partial charge in [0, 0.05) is 29.5 Å². The van der Waals surface area contributed by atoms with Crippen molar-refractivity contribution in [2.75, 3.05) is 33.9 Å². The van der Waals surface area contributed by atoms with E-state index in [0.29, 0.717) is 32.7 Å². The Hall–Kier alpha value is -3.22. The molecule has 4 rings (SSSR count). The fourth-order valence-corrected chi connectivity index (χ4v) is 4.23. The van der Waals surface area contributed by atoms with Crippen LogP contribution in [-0.4, -0.2) is 25.0 Å². The number of piperidine rings is 1. The molecule has 1 heterocycles. The van der Waals surface area contributed by atoms with Gasteiger partial charge >= 0.3 is 6.03 Å². The molecule has 0 aromatic heterocycles. The van der Waals surface area contributed by atoms with Crippen LogP contribution in [0.1, 0.15) is 29.6 Å². The van der Waals surface area contributed by atoms with Crippen LogP contribution >= 0.6 is 23.2 Å². The second-order valence-corrected chi connectivity index (χ2v) is 8.65. The summed E-state index contributed by atoms with van der Waals surface area (Å²) in [5.41, 5.74) is 3.04. The Kier molecular flexibility index (Phi) is 7.37. The van der Waals surface area contributed by atoms with Crippen LogP contribution in [0.4, 0.5) is 27.5 Å². The lowest BCUT2D eigenvalue weighted by Gasteiger charge is -2.31. The second-order valence-electron chi connectivity index (χ2n) is 7.80. The lowest BCUT2D eigenvalue weighted by molar-refractivity contribution is 0.102. The Morgan fingerprint density at radius 1 is 0.758 bits per heavy atom. The number of amides is 3. The number of hydrogen-bond acceptors (Lipinski definition) is 3. The normalized spacial score (nSPS) is 13.3. The molecule has 0 bridgehead atoms. The number of hydrogen-bond donors (Lipinski definition) is 3. The summed E-state index contributed by atoms with van der Waals surface area (Å²) in [6.07, 6.45) is 3.39. The largest absolute Gasteiger partial charge is 0.370 e. The predicted molar refractivity (Wildman–Crippen MR) is 136 cm³/mol. The van der Waals surface area contributed by atoms with Crippen molar-refractivity contribution < 1.29 is 9.59 Å². The minimum Gasteiger partial charge on any atom is -0.370 e. The van der Waals surface area contributed by atoms with Crippen LogP contribution in [0.3, 0.4) is 0 Å². The van der Waals surface area contributed by atoms with Gasteiger partial charge in [-0.2, -0.15) is 0 Å². The van der Waals surface area contributed by atoms with E-state index < -0.39 is 6.03 Å². The van der Waals surface area contributed by atoms with E-state index in [9.17, 15) is 9.59 Å². The molecule has 1 saturated heterocycles. The van der Waals surface area contributed by atoms with E-state index in [1.165, 1.54) is 6.42 Å². The van der Waals surface area contributed by atoms with Crippen LogP contribution in [-0.2, 0) is 0 Å². The third kappa shape index (κ3) is 5.97. The average Bonchev–Trinajstić information content (AvgIpc) is 2.80. The van der Waals surface area contributed by atoms with Crippen LogP contribution < -0.4 is 20.9 Å². The Bertz CT molecular complexity index is 1160. The Balaban J connectivity index is 1.57. The number of urea groups is 1. The molecule has 0 spiro atoms. The van der Waals surface area contributed by atoms with Crippen molar-refractivity contribution in [2.24, 2.45) is 0 Å². The predicted octanol–water partition coefficient (Wildman–Crippen LogP) is 6.88. The smallest absolute Gasteiger partial charge is 0.323 e. The summed E-state index contributed by atoms with van der Waals surface area (Å²) in [6, 6.07) is 18.9. The van der Waals surface area contributed by atoms with Gasteiger partial charge in [-0.1, -0.05) is 41.4 Å². The highest BCUT2D eigenvalue weighted by atomic mass is 35.5. The number of halogens is 2. The zero-order valence-corrected chi connectivity index (χ0v) is 19.4. The molecule has 6 nitrogen and oxygen atoms in total. The molecule has 0 atom stereocenters. The summed E-state index contributed by atoms with van der Waals surface area (Å²) in [5.74, 6) is -0.319. The van der Waals surface area contributed by atoms with Gasteiger partial charge in [0.25, 0.3) is 5.91 Å². The van der Waals surface area contributed by atoms with E-state index in [-0.39, 0.29) is 5.91 Å². The number of anilines is 4. The lowest BCUT2D eigenvalue weighted by atomic mass is 10.1. The van der Waals surface area contributed by atoms with E-state index in [1.54, 1.807) is 54.6 Å². The fourth-order valence-electron chi connectivity index (χ4n) is 3.82. The van der Waals surface area contributed by atoms with Crippen molar-refractivity contribution in [3.05, 3.63) is 82.3 Å². The lowest BCUT2D eigenvalue weighted by Crippen LogP contribution is -2.31. The highest BCUT2D eigenvalue weighted by Crippen LogP contribution is 2.32. The quantitative estimate of drug-likeness (QED) is 0.370. The Labute approximate surface area is 202 Å². The molecule has 8 heteroatoms. The van der Waals surface area contributed by atoms with Gasteiger partial charge in [0.2, 0.25) is 0 Å². The first-order valence-corrected chi connectivity index (χ1v) is 11.5. The molecule has 3 amide bonds. The van der Waals surface area contributed by atoms with Gasteiger partial charge in [0.15, 0.2) is 0 Å². The molecule has 1 aliphatic heterocycles. The summed E-state index contributed by atoms with van der Waals surface area (Å²) in [4.78, 5) is 27.7. The molecule has 1 fully saturated rings. The molecule has 0 unspecified atom stereocenters. The summed E-state index contributed by atoms with van der Waals surface area (Å²) < 4.78 is 0. The summed E-state index contributed by atoms with van der Waals surface area (Å²) in [7, 11) is 0. The third-order valence-electron chi connectivity index (χ3n) is 5.40. The maximum absolute atomic E-state index is 12.7. The maximum Gasteiger partial charge on any atom is 0.323 e. The highest BCUT2D eigenvalue weighted by Gasteiger charge is 2.18. The van der Waals surface area contributed by atoms with Gasteiger partial charge in [-0.15, -0.1) is 0 Å². The SMILES string of the molecule is O=C(Nc1cccc(Cl)c1)Nc1cc(NC(=O)c2ccccc2Cl)ccc1N1CCCCC1. The van der Waals surface area contributed by atoms with E-state index in [2.05, 4.69) is 20.9 Å². The molecular formula is C25H24Cl2N4O2. The van der Waals surface area contributed by atoms with Crippen molar-refractivity contribution >= 4 is 57.9 Å². The molecule has 0 radical (unpaired) electrons. The fraction of sp³-hybridized carbons (Fsp3) is 0.200. The van der Waals surface area contributed by atoms with Crippen LogP contribution in [0.15, 0.2) is 66.7 Å². The second kappa shape index (κ2) is 10.6. The Morgan fingerprint density at radius 2 is 1.52 bits per heavy atom. The van der Waals surface area contributed by atoms with E-state index in [0.717, 1.165) is 31.6 Å². The van der Waals surface area contributed by atoms with Crippen LogP contribution in [0.2, 0.25) is 10.0 Å². The van der Waals surface area contributed by atoms with Crippen LogP contribution in [0.5, 0.6) is 0 Å². The molecule has 0 aliphatic carbocycles. The standard InChI is InChI=1S/C25H24Cl2N4O2/c26-17-7-6-8-18(15-17)29-25(33)30-22-16-19(11-12-23(22)31-13-4-1-5-14-31)28-24(32)20-9-2-3-10-21(20)27/h2-3,6-12,15-16H,1,4-5,13-14H2,(H,28,32)(H2,29,30,33). The minimum atomic E-state index is -0.398. The molecular weight excluding hydrogens is 459 g/mol. The number of rotatable bonds is 5. The van der Waals surface area contributed by atoms with E-state index >= 15 is 0 Å². The first-order chi connectivity index (χ1) is 16.0. The molecule has 0 saturated carbocycles. The van der Waals surface area contributed by atoms with E-state index in [4.69, 9.17) is 23.2 Å². The van der Waals surface area contributed by atoms with Gasteiger partial charge in [-0.25, -0.2) is 4.79 Å². The minimum absolute atomic E-state index is 0.319. The average molecular weight is 483 g/mol. The monoisotopic (exact) mass is 482 g/mol. The molecule has 3 aromatic carbocycles. The van der Waals surface area contributed by atoms with Crippen molar-refractivity contribution in [3.8, 4) is 0 Å². The summed E-state index contributed by atoms with van der Waals surface area (Å²) >= 11 is 12.2. The zero-order valence-electron chi connectivity index (χ0n) is 17.9. The van der Waals surface area contributed by atoms with Gasteiger partial charge < -0.3 is 20.9 Å². The van der Waals surface area contributed by atoms with E-state index in [1.807, 2.05) is 12.1 Å². The van der Waals surface area contributed by atoms with Crippen LogP contribution in [0.25, 0.3) is 0 Å². The third-order valence-corrected chi connectivity index (χ3v) is 5.97. The number of nitrogens with zero attached hydrogens (tertiary/aromatic N) is 1. The van der Waals surface area contributed by atoms with Crippen molar-refractivity contribution in [3.63, 3.8) is 0 Å². The molecule has 3 aromatic rings. The van der Waals surface area contributed by atoms with Crippen molar-refractivity contribution in [1.82, 2.24) is 0 Å². The number of benzene rings is 3. The first kappa shape index (κ1) is 23.0. The van der Waals surface area contributed by atoms with Gasteiger partial charge in [0.1, 0.15) is 0 Å². The highest BCUT2D eigenvalue weighted by molar-refractivity contribution is 6.34. The molecule has 1 aliphatic rings. The summed E-state index contributed by atoms with van der Waals surface area (Å²) in [6.45, 7) is 1.83. The number of nitrogens with one attached hydrogen (secondary N) is 3. The molecule has 33 heavy (non-hydrogen) atoms. The van der Waals surface area contributed by atoms with Crippen LogP contribution in [0, 0.1) is 0 Å². The maximum atomic E-state index is 12.7.